The molecule has 1 aromatic heterocycles. The van der Waals surface area contributed by atoms with E-state index in [1.807, 2.05) is 0 Å². The fourth-order valence-corrected chi connectivity index (χ4v) is 3.78. The maximum atomic E-state index is 12.6. The Balaban J connectivity index is 1.86. The maximum Gasteiger partial charge on any atom is 0.519 e. The van der Waals surface area contributed by atoms with Gasteiger partial charge in [-0.3, -0.25) is 4.79 Å². The second-order valence-corrected chi connectivity index (χ2v) is 9.41. The molecule has 1 amide bonds. The van der Waals surface area contributed by atoms with Crippen molar-refractivity contribution in [2.24, 2.45) is 0 Å². The number of carbonyl (C=O) groups excluding carboxylic acids is 3. The highest BCUT2D eigenvalue weighted by Crippen LogP contribution is 2.27. The van der Waals surface area contributed by atoms with Gasteiger partial charge in [0.25, 0.3) is 0 Å². The number of ether oxygens (including phenoxy) is 2. The topological polar surface area (TPSA) is 125 Å². The highest BCUT2D eigenvalue weighted by atomic mass is 32.2. The van der Waals surface area contributed by atoms with Gasteiger partial charge in [-0.2, -0.15) is 12.6 Å². The van der Waals surface area contributed by atoms with E-state index >= 15 is 0 Å². The zero-order valence-corrected chi connectivity index (χ0v) is 18.9. The van der Waals surface area contributed by atoms with Crippen LogP contribution in [0.15, 0.2) is 13.6 Å². The minimum absolute atomic E-state index is 0.0707. The summed E-state index contributed by atoms with van der Waals surface area (Å²) >= 11 is 4.78. The molecule has 11 heteroatoms. The van der Waals surface area contributed by atoms with Crippen molar-refractivity contribution in [3.05, 3.63) is 22.1 Å². The molecule has 0 radical (unpaired) electrons. The van der Waals surface area contributed by atoms with Gasteiger partial charge in [0.05, 0.1) is 4.75 Å². The normalized spacial score (nSPS) is 16.0. The molecular weight excluding hydrogens is 434 g/mol. The molecule has 1 fully saturated rings. The fourth-order valence-electron chi connectivity index (χ4n) is 2.86. The minimum atomic E-state index is -1.23. The van der Waals surface area contributed by atoms with Crippen LogP contribution in [0.3, 0.4) is 0 Å². The Morgan fingerprint density at radius 1 is 1.23 bits per heavy atom. The zero-order chi connectivity index (χ0) is 22.3. The second-order valence-electron chi connectivity index (χ2n) is 7.49. The van der Waals surface area contributed by atoms with E-state index in [9.17, 15) is 19.2 Å². The van der Waals surface area contributed by atoms with E-state index < -0.39 is 33.8 Å². The predicted octanol–water partition coefficient (Wildman–Crippen LogP) is 2.98. The molecular formula is C19H27NO8S2. The standard InChI is InChI=1S/C19H27NO8S2/c1-11-14(28-17(23)26-11)9-25-18(24)30-19(2,3)16(22)20-13(10-29)15(21)27-12-7-5-4-6-8-12/h12-13,29H,4-10H2,1-3H3,(H,20,22)/t13-/m0/s1. The lowest BCUT2D eigenvalue weighted by Crippen LogP contribution is -2.50. The van der Waals surface area contributed by atoms with Crippen LogP contribution in [0, 0.1) is 6.92 Å². The molecule has 1 saturated carbocycles. The molecule has 1 atom stereocenters. The molecule has 0 saturated heterocycles. The summed E-state index contributed by atoms with van der Waals surface area (Å²) in [4.78, 5) is 48.2. The summed E-state index contributed by atoms with van der Waals surface area (Å²) in [7, 11) is 0. The van der Waals surface area contributed by atoms with Gasteiger partial charge in [0, 0.05) is 5.75 Å². The third kappa shape index (κ3) is 7.12. The van der Waals surface area contributed by atoms with E-state index in [-0.39, 0.29) is 30.0 Å². The van der Waals surface area contributed by atoms with E-state index in [4.69, 9.17) is 13.9 Å². The van der Waals surface area contributed by atoms with Crippen LogP contribution in [-0.4, -0.2) is 39.8 Å². The number of hydrogen-bond donors (Lipinski definition) is 2. The average Bonchev–Trinajstić information content (AvgIpc) is 3.01. The van der Waals surface area contributed by atoms with Gasteiger partial charge in [0.2, 0.25) is 5.91 Å². The van der Waals surface area contributed by atoms with E-state index in [2.05, 4.69) is 22.4 Å². The van der Waals surface area contributed by atoms with Crippen LogP contribution in [0.4, 0.5) is 4.79 Å². The number of esters is 1. The monoisotopic (exact) mass is 461 g/mol. The van der Waals surface area contributed by atoms with Crippen molar-refractivity contribution in [1.29, 1.82) is 0 Å². The van der Waals surface area contributed by atoms with Crippen LogP contribution in [0.2, 0.25) is 0 Å². The van der Waals surface area contributed by atoms with Gasteiger partial charge >= 0.3 is 17.1 Å². The molecule has 1 aliphatic rings. The second kappa shape index (κ2) is 10.9. The number of thioether (sulfide) groups is 1. The molecule has 1 aromatic rings. The summed E-state index contributed by atoms with van der Waals surface area (Å²) in [5.41, 5.74) is 0. The van der Waals surface area contributed by atoms with Crippen molar-refractivity contribution in [2.45, 2.75) is 76.4 Å². The number of nitrogens with one attached hydrogen (secondary N) is 1. The Hall–Kier alpha value is -1.88. The van der Waals surface area contributed by atoms with Gasteiger partial charge in [0.15, 0.2) is 18.1 Å². The highest BCUT2D eigenvalue weighted by Gasteiger charge is 2.36. The number of hydrogen-bond acceptors (Lipinski definition) is 10. The first-order valence-corrected chi connectivity index (χ1v) is 11.1. The smallest absolute Gasteiger partial charge is 0.461 e. The maximum absolute atomic E-state index is 12.6. The lowest BCUT2D eigenvalue weighted by atomic mass is 9.98. The van der Waals surface area contributed by atoms with Crippen molar-refractivity contribution in [1.82, 2.24) is 5.32 Å². The molecule has 0 bridgehead atoms. The SMILES string of the molecule is Cc1oc(=O)oc1COC(=O)SC(C)(C)C(=O)N[C@@H](CS)C(=O)OC1CCCCC1. The Bertz CT molecular complexity index is 810. The highest BCUT2D eigenvalue weighted by molar-refractivity contribution is 8.15. The van der Waals surface area contributed by atoms with E-state index in [1.54, 1.807) is 0 Å². The molecule has 168 valence electrons. The van der Waals surface area contributed by atoms with Crippen LogP contribution in [-0.2, 0) is 25.7 Å². The van der Waals surface area contributed by atoms with Crippen LogP contribution >= 0.6 is 24.4 Å². The van der Waals surface area contributed by atoms with Crippen molar-refractivity contribution in [3.63, 3.8) is 0 Å². The lowest BCUT2D eigenvalue weighted by Gasteiger charge is -2.27. The van der Waals surface area contributed by atoms with Crippen molar-refractivity contribution in [2.75, 3.05) is 5.75 Å². The minimum Gasteiger partial charge on any atom is -0.461 e. The van der Waals surface area contributed by atoms with Gasteiger partial charge in [-0.05, 0) is 58.2 Å². The summed E-state index contributed by atoms with van der Waals surface area (Å²) in [6.07, 6.45) is 4.68. The van der Waals surface area contributed by atoms with Crippen LogP contribution in [0.5, 0.6) is 0 Å². The zero-order valence-electron chi connectivity index (χ0n) is 17.2. The van der Waals surface area contributed by atoms with Crippen molar-refractivity contribution in [3.8, 4) is 0 Å². The van der Waals surface area contributed by atoms with Gasteiger partial charge in [0.1, 0.15) is 12.1 Å². The number of rotatable bonds is 8. The number of amides is 1. The lowest BCUT2D eigenvalue weighted by molar-refractivity contribution is -0.153. The third-order valence-corrected chi connectivity index (χ3v) is 5.99. The molecule has 2 rings (SSSR count). The molecule has 0 spiro atoms. The Labute approximate surface area is 184 Å². The first-order chi connectivity index (χ1) is 14.1. The van der Waals surface area contributed by atoms with Gasteiger partial charge in [-0.1, -0.05) is 6.42 Å². The number of carbonyl (C=O) groups is 3. The first-order valence-electron chi connectivity index (χ1n) is 9.70. The number of aryl methyl sites for hydroxylation is 1. The van der Waals surface area contributed by atoms with Crippen LogP contribution < -0.4 is 11.1 Å². The summed E-state index contributed by atoms with van der Waals surface area (Å²) in [5.74, 6) is -1.57. The van der Waals surface area contributed by atoms with Crippen LogP contribution in [0.25, 0.3) is 0 Å². The summed E-state index contributed by atoms with van der Waals surface area (Å²) < 4.78 is 18.7. The van der Waals surface area contributed by atoms with E-state index in [0.717, 1.165) is 32.1 Å². The van der Waals surface area contributed by atoms with E-state index in [1.165, 1.54) is 20.8 Å². The van der Waals surface area contributed by atoms with Gasteiger partial charge in [-0.25, -0.2) is 14.4 Å². The molecule has 9 nitrogen and oxygen atoms in total. The quantitative estimate of drug-likeness (QED) is 0.444. The van der Waals surface area contributed by atoms with Gasteiger partial charge < -0.3 is 23.6 Å². The van der Waals surface area contributed by atoms with Crippen LogP contribution in [0.1, 0.15) is 57.5 Å². The largest absolute Gasteiger partial charge is 0.519 e. The Morgan fingerprint density at radius 2 is 1.90 bits per heavy atom. The molecule has 0 aromatic carbocycles. The molecule has 1 aliphatic carbocycles. The van der Waals surface area contributed by atoms with Gasteiger partial charge in [-0.15, -0.1) is 0 Å². The molecule has 30 heavy (non-hydrogen) atoms. The first kappa shape index (κ1) is 24.4. The number of thiol groups is 1. The summed E-state index contributed by atoms with van der Waals surface area (Å²) in [6, 6.07) is -0.915. The predicted molar refractivity (Wildman–Crippen MR) is 113 cm³/mol. The van der Waals surface area contributed by atoms with E-state index in [0.29, 0.717) is 11.8 Å². The Kier molecular flexibility index (Phi) is 8.90. The molecule has 0 aliphatic heterocycles. The molecule has 0 unspecified atom stereocenters. The molecule has 1 heterocycles. The fraction of sp³-hybridized carbons (Fsp3) is 0.684. The van der Waals surface area contributed by atoms with Crippen molar-refractivity contribution >= 4 is 41.6 Å². The average molecular weight is 462 g/mol. The third-order valence-electron chi connectivity index (χ3n) is 4.65. The summed E-state index contributed by atoms with van der Waals surface area (Å²) in [5, 5.41) is 1.85. The van der Waals surface area contributed by atoms with Crippen molar-refractivity contribution < 1.29 is 32.7 Å². The molecule has 1 N–H and O–H groups in total. The summed E-state index contributed by atoms with van der Waals surface area (Å²) in [6.45, 7) is 4.26. The Morgan fingerprint density at radius 3 is 2.47 bits per heavy atom.